The van der Waals surface area contributed by atoms with E-state index in [0.29, 0.717) is 0 Å². The zero-order valence-electron chi connectivity index (χ0n) is 15.4. The molecule has 0 fully saturated rings. The van der Waals surface area contributed by atoms with Gasteiger partial charge in [-0.1, -0.05) is 22.9 Å². The summed E-state index contributed by atoms with van der Waals surface area (Å²) in [5.74, 6) is 0.130. The van der Waals surface area contributed by atoms with E-state index in [2.05, 4.69) is 36.2 Å². The van der Waals surface area contributed by atoms with E-state index in [9.17, 15) is 10.1 Å². The number of nitrogens with zero attached hydrogens (tertiary/aromatic N) is 4. The van der Waals surface area contributed by atoms with Crippen LogP contribution in [0, 0.1) is 44.7 Å². The average Bonchev–Trinajstić information content (AvgIpc) is 3.06. The van der Waals surface area contributed by atoms with Crippen LogP contribution in [0.3, 0.4) is 0 Å². The summed E-state index contributed by atoms with van der Waals surface area (Å²) in [6.07, 6.45) is 3.35. The maximum Gasteiger partial charge on any atom is 0.338 e. The summed E-state index contributed by atoms with van der Waals surface area (Å²) in [7, 11) is 0. The highest BCUT2D eigenvalue weighted by molar-refractivity contribution is 5.73. The zero-order chi connectivity index (χ0) is 19.0. The van der Waals surface area contributed by atoms with Crippen molar-refractivity contribution in [2.45, 2.75) is 34.6 Å². The molecule has 0 amide bonds. The predicted octanol–water partition coefficient (Wildman–Crippen LogP) is 4.48. The lowest BCUT2D eigenvalue weighted by atomic mass is 10.1. The Morgan fingerprint density at radius 2 is 1.85 bits per heavy atom. The number of aryl methyl sites for hydroxylation is 4. The smallest absolute Gasteiger partial charge is 0.338 e. The van der Waals surface area contributed by atoms with Gasteiger partial charge in [-0.3, -0.25) is 10.1 Å². The molecule has 2 aromatic heterocycles. The van der Waals surface area contributed by atoms with Gasteiger partial charge in [0, 0.05) is 11.3 Å². The molecular formula is C19H20N4O3. The van der Waals surface area contributed by atoms with Crippen LogP contribution < -0.4 is 0 Å². The van der Waals surface area contributed by atoms with Gasteiger partial charge in [0.15, 0.2) is 5.69 Å². The fraction of sp³-hybridized carbons (Fsp3) is 0.263. The molecule has 0 N–H and O–H groups in total. The Morgan fingerprint density at radius 1 is 1.12 bits per heavy atom. The van der Waals surface area contributed by atoms with Crippen molar-refractivity contribution in [3.05, 3.63) is 67.8 Å². The zero-order valence-corrected chi connectivity index (χ0v) is 15.4. The van der Waals surface area contributed by atoms with Crippen LogP contribution in [0.2, 0.25) is 0 Å². The van der Waals surface area contributed by atoms with E-state index < -0.39 is 4.92 Å². The van der Waals surface area contributed by atoms with Crippen LogP contribution in [0.5, 0.6) is 0 Å². The van der Waals surface area contributed by atoms with Crippen molar-refractivity contribution >= 4 is 17.8 Å². The molecule has 0 spiro atoms. The molecule has 134 valence electrons. The molecule has 26 heavy (non-hydrogen) atoms. The minimum absolute atomic E-state index is 0.113. The molecule has 1 aromatic carbocycles. The van der Waals surface area contributed by atoms with Crippen LogP contribution in [-0.2, 0) is 0 Å². The van der Waals surface area contributed by atoms with Crippen molar-refractivity contribution in [2.24, 2.45) is 0 Å². The van der Waals surface area contributed by atoms with E-state index in [0.717, 1.165) is 28.2 Å². The summed E-state index contributed by atoms with van der Waals surface area (Å²) in [5, 5.41) is 19.5. The fourth-order valence-electron chi connectivity index (χ4n) is 3.05. The monoisotopic (exact) mass is 352 g/mol. The van der Waals surface area contributed by atoms with Crippen molar-refractivity contribution in [1.82, 2.24) is 14.9 Å². The Hall–Kier alpha value is -3.22. The molecule has 0 aliphatic heterocycles. The highest BCUT2D eigenvalue weighted by atomic mass is 16.6. The standard InChI is InChI=1S/C19H20N4O3/c1-11-6-8-17(12(2)10-11)22-15(5)16(13(3)20-22)7-9-18-19(23(24)25)14(4)21-26-18/h6-10H,1-5H3. The lowest BCUT2D eigenvalue weighted by molar-refractivity contribution is -0.386. The molecule has 7 heteroatoms. The Balaban J connectivity index is 2.03. The SMILES string of the molecule is Cc1ccc(-n2nc(C)c(C=Cc3onc(C)c3[N+](=O)[O-])c2C)c(C)c1. The van der Waals surface area contributed by atoms with Gasteiger partial charge in [0.05, 0.1) is 16.3 Å². The van der Waals surface area contributed by atoms with Gasteiger partial charge in [-0.25, -0.2) is 4.68 Å². The second kappa shape index (κ2) is 6.59. The third-order valence-electron chi connectivity index (χ3n) is 4.37. The minimum Gasteiger partial charge on any atom is -0.349 e. The van der Waals surface area contributed by atoms with Crippen molar-refractivity contribution in [3.63, 3.8) is 0 Å². The van der Waals surface area contributed by atoms with Gasteiger partial charge >= 0.3 is 5.69 Å². The Morgan fingerprint density at radius 3 is 2.50 bits per heavy atom. The van der Waals surface area contributed by atoms with Gasteiger partial charge in [-0.05, 0) is 58.4 Å². The lowest BCUT2D eigenvalue weighted by Crippen LogP contribution is -2.01. The number of nitro groups is 1. The highest BCUT2D eigenvalue weighted by Crippen LogP contribution is 2.27. The summed E-state index contributed by atoms with van der Waals surface area (Å²) >= 11 is 0. The number of hydrogen-bond donors (Lipinski definition) is 0. The highest BCUT2D eigenvalue weighted by Gasteiger charge is 2.22. The van der Waals surface area contributed by atoms with Crippen molar-refractivity contribution < 1.29 is 9.45 Å². The van der Waals surface area contributed by atoms with Crippen LogP contribution >= 0.6 is 0 Å². The molecule has 0 saturated heterocycles. The molecule has 2 heterocycles. The topological polar surface area (TPSA) is 87.0 Å². The van der Waals surface area contributed by atoms with E-state index in [1.807, 2.05) is 24.6 Å². The van der Waals surface area contributed by atoms with E-state index in [1.165, 1.54) is 5.56 Å². The molecule has 0 bridgehead atoms. The molecule has 0 atom stereocenters. The Labute approximate surface area is 151 Å². The first-order valence-corrected chi connectivity index (χ1v) is 8.22. The van der Waals surface area contributed by atoms with Gasteiger partial charge < -0.3 is 4.52 Å². The quantitative estimate of drug-likeness (QED) is 0.510. The van der Waals surface area contributed by atoms with Crippen molar-refractivity contribution in [2.75, 3.05) is 0 Å². The van der Waals surface area contributed by atoms with Gasteiger partial charge in [-0.15, -0.1) is 0 Å². The van der Waals surface area contributed by atoms with E-state index in [-0.39, 0.29) is 17.1 Å². The molecule has 0 saturated carbocycles. The summed E-state index contributed by atoms with van der Waals surface area (Å²) in [4.78, 5) is 10.7. The molecule has 0 aliphatic rings. The van der Waals surface area contributed by atoms with Gasteiger partial charge in [0.1, 0.15) is 0 Å². The first-order valence-electron chi connectivity index (χ1n) is 8.22. The van der Waals surface area contributed by atoms with E-state index >= 15 is 0 Å². The molecule has 0 unspecified atom stereocenters. The third-order valence-corrected chi connectivity index (χ3v) is 4.37. The maximum absolute atomic E-state index is 11.2. The van der Waals surface area contributed by atoms with Gasteiger partial charge in [0.25, 0.3) is 0 Å². The summed E-state index contributed by atoms with van der Waals surface area (Å²) in [6, 6.07) is 6.21. The number of hydrogen-bond acceptors (Lipinski definition) is 5. The lowest BCUT2D eigenvalue weighted by Gasteiger charge is -2.09. The second-order valence-electron chi connectivity index (χ2n) is 6.36. The summed E-state index contributed by atoms with van der Waals surface area (Å²) in [5.41, 5.74) is 6.16. The number of rotatable bonds is 4. The molecule has 3 aromatic rings. The first-order chi connectivity index (χ1) is 12.3. The van der Waals surface area contributed by atoms with Crippen LogP contribution in [0.4, 0.5) is 5.69 Å². The third kappa shape index (κ3) is 3.03. The molecule has 3 rings (SSSR count). The van der Waals surface area contributed by atoms with E-state index in [1.54, 1.807) is 19.1 Å². The maximum atomic E-state index is 11.2. The van der Waals surface area contributed by atoms with Crippen LogP contribution in [0.1, 0.15) is 39.5 Å². The van der Waals surface area contributed by atoms with E-state index in [4.69, 9.17) is 4.52 Å². The number of aromatic nitrogens is 3. The van der Waals surface area contributed by atoms with Gasteiger partial charge in [-0.2, -0.15) is 5.10 Å². The number of benzene rings is 1. The van der Waals surface area contributed by atoms with Crippen molar-refractivity contribution in [1.29, 1.82) is 0 Å². The largest absolute Gasteiger partial charge is 0.349 e. The molecule has 0 aliphatic carbocycles. The molecule has 0 radical (unpaired) electrons. The predicted molar refractivity (Wildman–Crippen MR) is 99.3 cm³/mol. The molecular weight excluding hydrogens is 332 g/mol. The van der Waals surface area contributed by atoms with Crippen LogP contribution in [-0.4, -0.2) is 19.9 Å². The van der Waals surface area contributed by atoms with Crippen LogP contribution in [0.15, 0.2) is 22.7 Å². The Bertz CT molecular complexity index is 1030. The first kappa shape index (κ1) is 17.6. The van der Waals surface area contributed by atoms with Crippen LogP contribution in [0.25, 0.3) is 17.8 Å². The summed E-state index contributed by atoms with van der Waals surface area (Å²) < 4.78 is 6.97. The fourth-order valence-corrected chi connectivity index (χ4v) is 3.05. The van der Waals surface area contributed by atoms with Crippen molar-refractivity contribution in [3.8, 4) is 5.69 Å². The minimum atomic E-state index is -0.482. The average molecular weight is 352 g/mol. The Kier molecular flexibility index (Phi) is 4.46. The normalized spacial score (nSPS) is 11.4. The summed E-state index contributed by atoms with van der Waals surface area (Å²) in [6.45, 7) is 9.53. The second-order valence-corrected chi connectivity index (χ2v) is 6.36. The van der Waals surface area contributed by atoms with Gasteiger partial charge in [0.2, 0.25) is 5.76 Å². The molecule has 7 nitrogen and oxygen atoms in total.